The zero-order chi connectivity index (χ0) is 24.9. The molecule has 184 valence electrons. The summed E-state index contributed by atoms with van der Waals surface area (Å²) >= 11 is 0. The molecule has 0 saturated carbocycles. The maximum atomic E-state index is 14.2. The number of Topliss-reactive ketones (excluding diaryl/α,β-unsaturated/α-hetero) is 2. The molecule has 11 heteroatoms. The van der Waals surface area contributed by atoms with E-state index in [9.17, 15) is 9.59 Å². The van der Waals surface area contributed by atoms with Gasteiger partial charge in [0, 0.05) is 35.6 Å². The van der Waals surface area contributed by atoms with Crippen molar-refractivity contribution in [1.82, 2.24) is 30.7 Å². The van der Waals surface area contributed by atoms with Crippen molar-refractivity contribution in [3.63, 3.8) is 0 Å². The van der Waals surface area contributed by atoms with Gasteiger partial charge in [0.2, 0.25) is 0 Å². The van der Waals surface area contributed by atoms with Gasteiger partial charge in [0.1, 0.15) is 30.1 Å². The Bertz CT molecular complexity index is 1470. The van der Waals surface area contributed by atoms with Gasteiger partial charge in [-0.1, -0.05) is 0 Å². The van der Waals surface area contributed by atoms with Crippen LogP contribution in [-0.4, -0.2) is 69.8 Å². The Hall–Kier alpha value is -4.25. The number of carbonyl (C=O) groups is 2. The first-order valence-electron chi connectivity index (χ1n) is 11.6. The Balaban J connectivity index is 1.48. The van der Waals surface area contributed by atoms with E-state index in [1.165, 1.54) is 0 Å². The Morgan fingerprint density at radius 3 is 2.72 bits per heavy atom. The van der Waals surface area contributed by atoms with E-state index in [1.807, 2.05) is 6.07 Å². The number of tetrazole rings is 1. The molecular weight excluding hydrogens is 464 g/mol. The minimum Gasteiger partial charge on any atom is -0.496 e. The highest BCUT2D eigenvalue weighted by Crippen LogP contribution is 2.44. The lowest BCUT2D eigenvalue weighted by Gasteiger charge is -2.45. The number of aromatic amines is 1. The summed E-state index contributed by atoms with van der Waals surface area (Å²) in [6.45, 7) is 1.28. The summed E-state index contributed by atoms with van der Waals surface area (Å²) in [5, 5.41) is 18.0. The van der Waals surface area contributed by atoms with Crippen LogP contribution in [0.5, 0.6) is 11.5 Å². The summed E-state index contributed by atoms with van der Waals surface area (Å²) in [7, 11) is 3.09. The normalized spacial score (nSPS) is 18.6. The Labute approximate surface area is 205 Å². The van der Waals surface area contributed by atoms with Gasteiger partial charge in [-0.25, -0.2) is 5.10 Å². The predicted octanol–water partition coefficient (Wildman–Crippen LogP) is 2.08. The van der Waals surface area contributed by atoms with Gasteiger partial charge in [-0.05, 0) is 59.9 Å². The maximum Gasteiger partial charge on any atom is 0.181 e. The van der Waals surface area contributed by atoms with Crippen molar-refractivity contribution in [2.45, 2.75) is 18.4 Å². The van der Waals surface area contributed by atoms with Gasteiger partial charge in [0.05, 0.1) is 18.2 Å². The second kappa shape index (κ2) is 8.45. The van der Waals surface area contributed by atoms with Crippen molar-refractivity contribution in [3.05, 3.63) is 53.7 Å². The molecule has 2 aliphatic heterocycles. The monoisotopic (exact) mass is 488 g/mol. The number of rotatable bonds is 5. The minimum absolute atomic E-state index is 0.279. The van der Waals surface area contributed by atoms with Gasteiger partial charge in [-0.2, -0.15) is 4.73 Å². The Morgan fingerprint density at radius 1 is 1.17 bits per heavy atom. The molecule has 0 radical (unpaired) electrons. The summed E-state index contributed by atoms with van der Waals surface area (Å²) in [5.74, 6) is -0.212. The van der Waals surface area contributed by atoms with Gasteiger partial charge < -0.3 is 19.6 Å². The number of hydrogen-bond donors (Lipinski definition) is 2. The number of ketones is 2. The van der Waals surface area contributed by atoms with E-state index in [0.29, 0.717) is 65.5 Å². The summed E-state index contributed by atoms with van der Waals surface area (Å²) in [4.78, 5) is 33.7. The average molecular weight is 489 g/mol. The number of fused-ring (bicyclic) bond motifs is 2. The van der Waals surface area contributed by atoms with E-state index in [4.69, 9.17) is 14.3 Å². The summed E-state index contributed by atoms with van der Waals surface area (Å²) in [6.07, 6.45) is 2.80. The first kappa shape index (κ1) is 22.2. The van der Waals surface area contributed by atoms with E-state index < -0.39 is 11.5 Å². The molecule has 1 saturated heterocycles. The largest absolute Gasteiger partial charge is 0.496 e. The van der Waals surface area contributed by atoms with Crippen molar-refractivity contribution in [1.29, 1.82) is 0 Å². The van der Waals surface area contributed by atoms with E-state index in [-0.39, 0.29) is 11.6 Å². The zero-order valence-corrected chi connectivity index (χ0v) is 19.8. The molecule has 2 aromatic heterocycles. The fourth-order valence-electron chi connectivity index (χ4n) is 5.33. The molecule has 0 bridgehead atoms. The minimum atomic E-state index is -1.02. The summed E-state index contributed by atoms with van der Waals surface area (Å²) in [5.41, 5.74) is 1.04. The van der Waals surface area contributed by atoms with Crippen molar-refractivity contribution >= 4 is 22.5 Å². The molecular formula is C25H24N6O5. The van der Waals surface area contributed by atoms with Gasteiger partial charge in [0.15, 0.2) is 17.4 Å². The predicted molar refractivity (Wildman–Crippen MR) is 128 cm³/mol. The van der Waals surface area contributed by atoms with Crippen LogP contribution in [0.2, 0.25) is 0 Å². The van der Waals surface area contributed by atoms with Crippen LogP contribution < -0.4 is 19.6 Å². The van der Waals surface area contributed by atoms with Gasteiger partial charge in [0.25, 0.3) is 0 Å². The fraction of sp³-hybridized carbons (Fsp3) is 0.320. The number of nitrogens with one attached hydrogen (secondary N) is 2. The fourth-order valence-corrected chi connectivity index (χ4v) is 5.33. The van der Waals surface area contributed by atoms with E-state index >= 15 is 0 Å². The first-order chi connectivity index (χ1) is 17.5. The Kier molecular flexibility index (Phi) is 5.22. The number of ether oxygens (including phenoxy) is 2. The molecule has 2 aromatic carbocycles. The van der Waals surface area contributed by atoms with Gasteiger partial charge in [-0.3, -0.25) is 9.59 Å². The third kappa shape index (κ3) is 3.34. The summed E-state index contributed by atoms with van der Waals surface area (Å²) < 4.78 is 13.7. The number of hydrogen-bond acceptors (Lipinski definition) is 9. The van der Waals surface area contributed by atoms with Crippen LogP contribution in [0, 0.1) is 5.92 Å². The highest BCUT2D eigenvalue weighted by molar-refractivity contribution is 6.19. The van der Waals surface area contributed by atoms with Crippen LogP contribution in [0.3, 0.4) is 0 Å². The van der Waals surface area contributed by atoms with Crippen LogP contribution >= 0.6 is 0 Å². The molecule has 1 unspecified atom stereocenters. The van der Waals surface area contributed by atoms with Crippen molar-refractivity contribution in [2.75, 3.05) is 27.3 Å². The molecule has 6 rings (SSSR count). The second-order valence-corrected chi connectivity index (χ2v) is 8.97. The molecule has 11 nitrogen and oxygen atoms in total. The highest BCUT2D eigenvalue weighted by Gasteiger charge is 2.54. The smallest absolute Gasteiger partial charge is 0.181 e. The molecule has 2 aliphatic rings. The number of H-pyrrole nitrogens is 1. The van der Waals surface area contributed by atoms with Crippen LogP contribution in [0.25, 0.3) is 22.3 Å². The first-order valence-corrected chi connectivity index (χ1v) is 11.6. The topological polar surface area (TPSA) is 133 Å². The van der Waals surface area contributed by atoms with E-state index in [0.717, 1.165) is 5.39 Å². The van der Waals surface area contributed by atoms with Crippen LogP contribution in [0.4, 0.5) is 0 Å². The molecule has 0 aliphatic carbocycles. The zero-order valence-electron chi connectivity index (χ0n) is 19.8. The molecule has 1 spiro atoms. The SMILES string of the molecule is COc1cc(C(=O)C2C(=O)c3cc(-c4nnn[nH]4)ccc3OC23CCNCC3)cc2c1ccn2OC. The molecule has 2 N–H and O–H groups in total. The van der Waals surface area contributed by atoms with Crippen molar-refractivity contribution in [3.8, 4) is 22.9 Å². The van der Waals surface area contributed by atoms with Gasteiger partial charge in [-0.15, -0.1) is 5.10 Å². The number of aromatic nitrogens is 5. The van der Waals surface area contributed by atoms with E-state index in [2.05, 4.69) is 25.9 Å². The molecule has 1 fully saturated rings. The van der Waals surface area contributed by atoms with Gasteiger partial charge >= 0.3 is 0 Å². The highest BCUT2D eigenvalue weighted by atomic mass is 16.6. The molecule has 1 atom stereocenters. The Morgan fingerprint density at radius 2 is 2.00 bits per heavy atom. The third-order valence-electron chi connectivity index (χ3n) is 7.11. The number of piperidine rings is 1. The van der Waals surface area contributed by atoms with Crippen LogP contribution in [0.15, 0.2) is 42.6 Å². The lowest BCUT2D eigenvalue weighted by Crippen LogP contribution is -2.58. The van der Waals surface area contributed by atoms with Crippen molar-refractivity contribution < 1.29 is 23.9 Å². The lowest BCUT2D eigenvalue weighted by molar-refractivity contribution is -0.0138. The molecule has 4 heterocycles. The quantitative estimate of drug-likeness (QED) is 0.320. The average Bonchev–Trinajstić information content (AvgIpc) is 3.59. The number of methoxy groups -OCH3 is 1. The molecule has 0 amide bonds. The third-order valence-corrected chi connectivity index (χ3v) is 7.11. The van der Waals surface area contributed by atoms with Crippen LogP contribution in [-0.2, 0) is 0 Å². The van der Waals surface area contributed by atoms with Crippen molar-refractivity contribution in [2.24, 2.45) is 5.92 Å². The number of nitrogens with zero attached hydrogens (tertiary/aromatic N) is 4. The van der Waals surface area contributed by atoms with E-state index in [1.54, 1.807) is 55.5 Å². The lowest BCUT2D eigenvalue weighted by atomic mass is 9.70. The second-order valence-electron chi connectivity index (χ2n) is 8.97. The maximum absolute atomic E-state index is 14.2. The summed E-state index contributed by atoms with van der Waals surface area (Å²) in [6, 6.07) is 10.5. The standard InChI is InChI=1S/C25H24N6O5/c1-34-20-13-15(12-18-16(20)5-10-31(18)35-2)22(32)21-23(33)17-11-14(24-27-29-30-28-24)3-4-19(17)36-25(21)6-8-26-9-7-25/h3-5,10-13,21,26H,6-9H2,1-2H3,(H,27,28,29,30). The number of benzene rings is 2. The van der Waals surface area contributed by atoms with Crippen LogP contribution in [0.1, 0.15) is 33.6 Å². The number of carbonyl (C=O) groups excluding carboxylic acids is 2. The molecule has 4 aromatic rings. The molecule has 36 heavy (non-hydrogen) atoms.